The van der Waals surface area contributed by atoms with Gasteiger partial charge in [0.1, 0.15) is 5.82 Å². The van der Waals surface area contributed by atoms with Crippen LogP contribution in [0.25, 0.3) is 5.65 Å². The van der Waals surface area contributed by atoms with E-state index in [4.69, 9.17) is 0 Å². The molecule has 0 amide bonds. The number of aromatic nitrogens is 3. The van der Waals surface area contributed by atoms with Crippen molar-refractivity contribution in [2.45, 2.75) is 27.2 Å². The number of nitrogens with zero attached hydrogens (tertiary/aromatic N) is 3. The van der Waals surface area contributed by atoms with Crippen molar-refractivity contribution in [2.24, 2.45) is 0 Å². The fourth-order valence-corrected chi connectivity index (χ4v) is 2.55. The van der Waals surface area contributed by atoms with Gasteiger partial charge in [0, 0.05) is 23.9 Å². The zero-order valence-electron chi connectivity index (χ0n) is 11.8. The van der Waals surface area contributed by atoms with Crippen molar-refractivity contribution in [3.63, 3.8) is 0 Å². The minimum atomic E-state index is -0.207. The molecule has 0 unspecified atom stereocenters. The molecule has 0 aliphatic rings. The van der Waals surface area contributed by atoms with E-state index in [1.165, 1.54) is 6.07 Å². The van der Waals surface area contributed by atoms with E-state index in [1.54, 1.807) is 12.1 Å². The van der Waals surface area contributed by atoms with Crippen molar-refractivity contribution in [2.75, 3.05) is 0 Å². The average molecular weight is 269 g/mol. The van der Waals surface area contributed by atoms with Crippen LogP contribution in [0.15, 0.2) is 30.3 Å². The minimum absolute atomic E-state index is 0.207. The van der Waals surface area contributed by atoms with Gasteiger partial charge in [0.15, 0.2) is 5.65 Å². The van der Waals surface area contributed by atoms with Crippen LogP contribution in [0.2, 0.25) is 0 Å². The number of aryl methyl sites for hydroxylation is 3. The molecule has 3 rings (SSSR count). The maximum absolute atomic E-state index is 13.3. The summed E-state index contributed by atoms with van der Waals surface area (Å²) >= 11 is 0. The summed E-state index contributed by atoms with van der Waals surface area (Å²) in [4.78, 5) is 4.58. The van der Waals surface area contributed by atoms with Gasteiger partial charge < -0.3 is 0 Å². The van der Waals surface area contributed by atoms with Crippen LogP contribution < -0.4 is 0 Å². The molecule has 0 aliphatic carbocycles. The molecule has 0 saturated carbocycles. The van der Waals surface area contributed by atoms with E-state index >= 15 is 0 Å². The molecule has 2 aromatic heterocycles. The van der Waals surface area contributed by atoms with Crippen molar-refractivity contribution in [3.8, 4) is 0 Å². The van der Waals surface area contributed by atoms with Gasteiger partial charge in [0.2, 0.25) is 0 Å². The van der Waals surface area contributed by atoms with Gasteiger partial charge in [-0.05, 0) is 44.0 Å². The highest BCUT2D eigenvalue weighted by Gasteiger charge is 2.11. The molecule has 1 aromatic carbocycles. The number of halogens is 1. The predicted molar refractivity (Wildman–Crippen MR) is 76.4 cm³/mol. The van der Waals surface area contributed by atoms with E-state index in [0.29, 0.717) is 6.42 Å². The van der Waals surface area contributed by atoms with Crippen LogP contribution in [0, 0.1) is 26.6 Å². The van der Waals surface area contributed by atoms with E-state index in [9.17, 15) is 4.39 Å². The van der Waals surface area contributed by atoms with Crippen LogP contribution in [-0.2, 0) is 6.42 Å². The maximum Gasteiger partial charge on any atom is 0.155 e. The van der Waals surface area contributed by atoms with E-state index in [-0.39, 0.29) is 5.82 Å². The third-order valence-electron chi connectivity index (χ3n) is 3.56. The van der Waals surface area contributed by atoms with Gasteiger partial charge in [-0.1, -0.05) is 12.1 Å². The highest BCUT2D eigenvalue weighted by molar-refractivity contribution is 5.45. The third kappa shape index (κ3) is 2.18. The van der Waals surface area contributed by atoms with Crippen molar-refractivity contribution < 1.29 is 4.39 Å². The monoisotopic (exact) mass is 269 g/mol. The van der Waals surface area contributed by atoms with Crippen LogP contribution in [0.1, 0.15) is 28.2 Å². The largest absolute Gasteiger partial charge is 0.234 e. The Bertz CT molecular complexity index is 790. The lowest BCUT2D eigenvalue weighted by atomic mass is 10.0. The molecule has 0 spiro atoms. The molecule has 0 N–H and O–H groups in total. The fraction of sp³-hybridized carbons (Fsp3) is 0.250. The topological polar surface area (TPSA) is 30.2 Å². The highest BCUT2D eigenvalue weighted by Crippen LogP contribution is 2.19. The first-order valence-electron chi connectivity index (χ1n) is 6.61. The Kier molecular flexibility index (Phi) is 3.01. The first kappa shape index (κ1) is 12.8. The summed E-state index contributed by atoms with van der Waals surface area (Å²) in [6.45, 7) is 5.97. The summed E-state index contributed by atoms with van der Waals surface area (Å²) in [5.41, 5.74) is 5.89. The molecule has 0 bridgehead atoms. The lowest BCUT2D eigenvalue weighted by Gasteiger charge is -2.11. The fourth-order valence-electron chi connectivity index (χ4n) is 2.55. The molecule has 0 radical (unpaired) electrons. The smallest absolute Gasteiger partial charge is 0.155 e. The standard InChI is InChI=1S/C16H16FN3/c1-10-7-16-18-11(2)15(12(3)20(16)19-10)9-13-5-4-6-14(17)8-13/h4-8H,9H2,1-3H3. The zero-order chi connectivity index (χ0) is 14.3. The van der Waals surface area contributed by atoms with Crippen molar-refractivity contribution in [3.05, 3.63) is 64.4 Å². The molecule has 0 atom stereocenters. The molecule has 0 fully saturated rings. The summed E-state index contributed by atoms with van der Waals surface area (Å²) in [5, 5.41) is 4.45. The van der Waals surface area contributed by atoms with E-state index in [2.05, 4.69) is 10.1 Å². The second-order valence-corrected chi connectivity index (χ2v) is 5.12. The van der Waals surface area contributed by atoms with Gasteiger partial charge in [0.25, 0.3) is 0 Å². The van der Waals surface area contributed by atoms with E-state index in [0.717, 1.165) is 33.9 Å². The van der Waals surface area contributed by atoms with Crippen LogP contribution in [0.5, 0.6) is 0 Å². The molecule has 0 aliphatic heterocycles. The SMILES string of the molecule is Cc1cc2nc(C)c(Cc3cccc(F)c3)c(C)n2n1. The second kappa shape index (κ2) is 4.71. The van der Waals surface area contributed by atoms with E-state index in [1.807, 2.05) is 37.4 Å². The third-order valence-corrected chi connectivity index (χ3v) is 3.56. The molecular weight excluding hydrogens is 253 g/mol. The minimum Gasteiger partial charge on any atom is -0.234 e. The summed E-state index contributed by atoms with van der Waals surface area (Å²) in [5.74, 6) is -0.207. The Morgan fingerprint density at radius 2 is 1.95 bits per heavy atom. The van der Waals surface area contributed by atoms with Crippen molar-refractivity contribution in [1.82, 2.24) is 14.6 Å². The van der Waals surface area contributed by atoms with Gasteiger partial charge in [-0.15, -0.1) is 0 Å². The summed E-state index contributed by atoms with van der Waals surface area (Å²) in [6, 6.07) is 8.66. The summed E-state index contributed by atoms with van der Waals surface area (Å²) in [6.07, 6.45) is 0.664. The maximum atomic E-state index is 13.3. The molecule has 2 heterocycles. The Hall–Kier alpha value is -2.23. The first-order valence-corrected chi connectivity index (χ1v) is 6.61. The molecule has 20 heavy (non-hydrogen) atoms. The Morgan fingerprint density at radius 1 is 1.15 bits per heavy atom. The highest BCUT2D eigenvalue weighted by atomic mass is 19.1. The van der Waals surface area contributed by atoms with Gasteiger partial charge in [-0.2, -0.15) is 5.10 Å². The lowest BCUT2D eigenvalue weighted by molar-refractivity contribution is 0.626. The normalized spacial score (nSPS) is 11.2. The number of hydrogen-bond acceptors (Lipinski definition) is 2. The Labute approximate surface area is 117 Å². The second-order valence-electron chi connectivity index (χ2n) is 5.12. The lowest BCUT2D eigenvalue weighted by Crippen LogP contribution is -2.06. The Morgan fingerprint density at radius 3 is 2.70 bits per heavy atom. The number of hydrogen-bond donors (Lipinski definition) is 0. The number of fused-ring (bicyclic) bond motifs is 1. The molecule has 4 heteroatoms. The number of benzene rings is 1. The van der Waals surface area contributed by atoms with Crippen molar-refractivity contribution in [1.29, 1.82) is 0 Å². The molecular formula is C16H16FN3. The predicted octanol–water partition coefficient (Wildman–Crippen LogP) is 3.38. The van der Waals surface area contributed by atoms with Crippen LogP contribution in [-0.4, -0.2) is 14.6 Å². The van der Waals surface area contributed by atoms with Crippen LogP contribution >= 0.6 is 0 Å². The van der Waals surface area contributed by atoms with Gasteiger partial charge >= 0.3 is 0 Å². The van der Waals surface area contributed by atoms with Gasteiger partial charge in [0.05, 0.1) is 5.69 Å². The zero-order valence-corrected chi connectivity index (χ0v) is 11.8. The molecule has 102 valence electrons. The van der Waals surface area contributed by atoms with Crippen molar-refractivity contribution >= 4 is 5.65 Å². The average Bonchev–Trinajstić information content (AvgIpc) is 2.75. The molecule has 3 nitrogen and oxygen atoms in total. The first-order chi connectivity index (χ1) is 9.54. The molecule has 0 saturated heterocycles. The number of rotatable bonds is 2. The van der Waals surface area contributed by atoms with Crippen LogP contribution in [0.4, 0.5) is 4.39 Å². The Balaban J connectivity index is 2.11. The van der Waals surface area contributed by atoms with Gasteiger partial charge in [-0.25, -0.2) is 13.9 Å². The van der Waals surface area contributed by atoms with Gasteiger partial charge in [-0.3, -0.25) is 0 Å². The molecule has 3 aromatic rings. The van der Waals surface area contributed by atoms with E-state index < -0.39 is 0 Å². The van der Waals surface area contributed by atoms with Crippen LogP contribution in [0.3, 0.4) is 0 Å². The summed E-state index contributed by atoms with van der Waals surface area (Å²) < 4.78 is 15.2. The summed E-state index contributed by atoms with van der Waals surface area (Å²) in [7, 11) is 0. The quantitative estimate of drug-likeness (QED) is 0.714.